The number of pyridine rings is 1. The first-order valence-electron chi connectivity index (χ1n) is 8.45. The predicted molar refractivity (Wildman–Crippen MR) is 106 cm³/mol. The summed E-state index contributed by atoms with van der Waals surface area (Å²) in [6, 6.07) is 3.78. The minimum atomic E-state index is -4.58. The van der Waals surface area contributed by atoms with Gasteiger partial charge in [0.2, 0.25) is 0 Å². The van der Waals surface area contributed by atoms with E-state index in [0.717, 1.165) is 17.4 Å². The highest BCUT2D eigenvalue weighted by molar-refractivity contribution is 7.91. The van der Waals surface area contributed by atoms with E-state index in [1.54, 1.807) is 19.9 Å². The highest BCUT2D eigenvalue weighted by Gasteiger charge is 2.33. The van der Waals surface area contributed by atoms with E-state index in [4.69, 9.17) is 11.6 Å². The second-order valence-corrected chi connectivity index (χ2v) is 9.44. The smallest absolute Gasteiger partial charge is 0.399 e. The number of alkyl halides is 3. The molecule has 12 heteroatoms. The van der Waals surface area contributed by atoms with Gasteiger partial charge in [0, 0.05) is 24.2 Å². The van der Waals surface area contributed by atoms with Crippen molar-refractivity contribution in [3.8, 4) is 0 Å². The fraction of sp³-hybridized carbons (Fsp3) is 0.412. The summed E-state index contributed by atoms with van der Waals surface area (Å²) in [5.74, 6) is -0.782. The second-order valence-electron chi connectivity index (χ2n) is 5.75. The zero-order chi connectivity index (χ0) is 21.8. The van der Waals surface area contributed by atoms with E-state index in [9.17, 15) is 21.6 Å². The van der Waals surface area contributed by atoms with Crippen molar-refractivity contribution in [3.63, 3.8) is 0 Å². The molecule has 0 fully saturated rings. The van der Waals surface area contributed by atoms with E-state index in [1.165, 1.54) is 23.7 Å². The van der Waals surface area contributed by atoms with E-state index in [-0.39, 0.29) is 14.9 Å². The molecular weight excluding hydrogens is 451 g/mol. The van der Waals surface area contributed by atoms with Crippen LogP contribution in [0.25, 0.3) is 0 Å². The largest absolute Gasteiger partial charge is 0.417 e. The molecule has 0 aliphatic rings. The third-order valence-corrected chi connectivity index (χ3v) is 8.00. The summed E-state index contributed by atoms with van der Waals surface area (Å²) in [6.07, 6.45) is -2.60. The summed E-state index contributed by atoms with van der Waals surface area (Å²) in [6.45, 7) is 4.09. The Morgan fingerprint density at radius 1 is 1.34 bits per heavy atom. The van der Waals surface area contributed by atoms with Crippen LogP contribution in [-0.2, 0) is 21.0 Å². The normalized spacial score (nSPS) is 13.9. The molecule has 0 radical (unpaired) electrons. The molecule has 0 aliphatic carbocycles. The van der Waals surface area contributed by atoms with Gasteiger partial charge >= 0.3 is 6.18 Å². The maximum atomic E-state index is 12.9. The monoisotopic (exact) mass is 469 g/mol. The first-order valence-corrected chi connectivity index (χ1v) is 11.1. The van der Waals surface area contributed by atoms with Crippen LogP contribution in [0.15, 0.2) is 33.8 Å². The van der Waals surface area contributed by atoms with Gasteiger partial charge in [-0.2, -0.15) is 17.5 Å². The summed E-state index contributed by atoms with van der Waals surface area (Å²) in [5, 5.41) is 3.46. The summed E-state index contributed by atoms with van der Waals surface area (Å²) in [7, 11) is -2.37. The quantitative estimate of drug-likeness (QED) is 0.418. The molecule has 0 saturated heterocycles. The van der Waals surface area contributed by atoms with Gasteiger partial charge in [0.25, 0.3) is 10.0 Å². The molecule has 0 aromatic carbocycles. The molecule has 2 aromatic heterocycles. The number of nitrogens with zero attached hydrogens (tertiary/aromatic N) is 3. The fourth-order valence-corrected chi connectivity index (χ4v) is 5.85. The molecule has 2 heterocycles. The van der Waals surface area contributed by atoms with Crippen molar-refractivity contribution < 1.29 is 26.4 Å². The number of rotatable bonds is 8. The van der Waals surface area contributed by atoms with Gasteiger partial charge in [-0.05, 0) is 18.2 Å². The average molecular weight is 470 g/mol. The number of halogens is 4. The predicted octanol–water partition coefficient (Wildman–Crippen LogP) is 4.61. The standard InChI is InChI=1S/C17H19ClF3N3O3S2/c1-4-24(5-2)29(25,26)15-7-6-14(28-15)12(10-23-27-3)16-13(18)8-11(9-22-16)17(19,20)21/h6-10,12H,4-5H2,1-3H3/b23-10+. The van der Waals surface area contributed by atoms with Crippen LogP contribution in [0.5, 0.6) is 0 Å². The summed E-state index contributed by atoms with van der Waals surface area (Å²) in [4.78, 5) is 9.03. The van der Waals surface area contributed by atoms with Crippen LogP contribution in [0.3, 0.4) is 0 Å². The van der Waals surface area contributed by atoms with Gasteiger partial charge in [-0.25, -0.2) is 8.42 Å². The fourth-order valence-electron chi connectivity index (χ4n) is 2.56. The topological polar surface area (TPSA) is 71.9 Å². The Balaban J connectivity index is 2.51. The van der Waals surface area contributed by atoms with Gasteiger partial charge < -0.3 is 4.84 Å². The molecule has 2 rings (SSSR count). The maximum Gasteiger partial charge on any atom is 0.417 e. The highest BCUT2D eigenvalue weighted by Crippen LogP contribution is 2.37. The van der Waals surface area contributed by atoms with Crippen molar-refractivity contribution in [2.75, 3.05) is 20.2 Å². The molecule has 6 nitrogen and oxygen atoms in total. The number of thiophene rings is 1. The lowest BCUT2D eigenvalue weighted by Gasteiger charge is -2.17. The number of hydrogen-bond acceptors (Lipinski definition) is 6. The van der Waals surface area contributed by atoms with Crippen LogP contribution in [0.4, 0.5) is 13.2 Å². The summed E-state index contributed by atoms with van der Waals surface area (Å²) in [5.41, 5.74) is -0.876. The molecule has 0 aliphatic heterocycles. The third kappa shape index (κ3) is 5.27. The molecule has 0 spiro atoms. The van der Waals surface area contributed by atoms with Crippen molar-refractivity contribution >= 4 is 39.2 Å². The SMILES string of the molecule is CCN(CC)S(=O)(=O)c1ccc(C(/C=N/OC)c2ncc(C(F)(F)F)cc2Cl)s1. The van der Waals surface area contributed by atoms with Gasteiger partial charge in [0.05, 0.1) is 28.4 Å². The third-order valence-electron chi connectivity index (χ3n) is 4.02. The minimum absolute atomic E-state index is 0.106. The lowest BCUT2D eigenvalue weighted by Crippen LogP contribution is -2.29. The first-order chi connectivity index (χ1) is 13.6. The lowest BCUT2D eigenvalue weighted by molar-refractivity contribution is -0.137. The molecule has 0 N–H and O–H groups in total. The first kappa shape index (κ1) is 23.6. The van der Waals surface area contributed by atoms with Crippen molar-refractivity contribution in [3.05, 3.63) is 45.6 Å². The molecule has 0 saturated carbocycles. The van der Waals surface area contributed by atoms with Crippen LogP contribution < -0.4 is 0 Å². The summed E-state index contributed by atoms with van der Waals surface area (Å²) < 4.78 is 65.5. The van der Waals surface area contributed by atoms with Crippen LogP contribution in [0.2, 0.25) is 5.02 Å². The van der Waals surface area contributed by atoms with Gasteiger partial charge in [-0.3, -0.25) is 4.98 Å². The van der Waals surface area contributed by atoms with E-state index >= 15 is 0 Å². The molecule has 160 valence electrons. The molecule has 2 aromatic rings. The van der Waals surface area contributed by atoms with Gasteiger partial charge in [-0.15, -0.1) is 11.3 Å². The van der Waals surface area contributed by atoms with Crippen molar-refractivity contribution in [1.29, 1.82) is 0 Å². The minimum Gasteiger partial charge on any atom is -0.399 e. The van der Waals surface area contributed by atoms with Crippen molar-refractivity contribution in [2.45, 2.75) is 30.2 Å². The average Bonchev–Trinajstić information content (AvgIpc) is 3.14. The Morgan fingerprint density at radius 2 is 2.00 bits per heavy atom. The van der Waals surface area contributed by atoms with E-state index in [2.05, 4.69) is 15.0 Å². The lowest BCUT2D eigenvalue weighted by atomic mass is 10.0. The van der Waals surface area contributed by atoms with Crippen LogP contribution >= 0.6 is 22.9 Å². The number of sulfonamides is 1. The van der Waals surface area contributed by atoms with Gasteiger partial charge in [-0.1, -0.05) is 30.6 Å². The van der Waals surface area contributed by atoms with Gasteiger partial charge in [0.1, 0.15) is 11.3 Å². The zero-order valence-electron chi connectivity index (χ0n) is 15.8. The van der Waals surface area contributed by atoms with Gasteiger partial charge in [0.15, 0.2) is 0 Å². The molecule has 0 bridgehead atoms. The Bertz CT molecular complexity index is 974. The number of aromatic nitrogens is 1. The Kier molecular flexibility index (Phi) is 7.66. The number of hydrogen-bond donors (Lipinski definition) is 0. The van der Waals surface area contributed by atoms with Crippen LogP contribution in [0.1, 0.15) is 35.9 Å². The van der Waals surface area contributed by atoms with Crippen molar-refractivity contribution in [2.24, 2.45) is 5.16 Å². The highest BCUT2D eigenvalue weighted by atomic mass is 35.5. The van der Waals surface area contributed by atoms with Crippen LogP contribution in [0, 0.1) is 0 Å². The van der Waals surface area contributed by atoms with E-state index in [0.29, 0.717) is 24.2 Å². The maximum absolute atomic E-state index is 12.9. The summed E-state index contributed by atoms with van der Waals surface area (Å²) >= 11 is 7.04. The molecule has 0 amide bonds. The Hall–Kier alpha value is -1.69. The van der Waals surface area contributed by atoms with E-state index < -0.39 is 27.7 Å². The zero-order valence-corrected chi connectivity index (χ0v) is 18.2. The molecule has 29 heavy (non-hydrogen) atoms. The Labute approximate surface area is 176 Å². The Morgan fingerprint density at radius 3 is 2.52 bits per heavy atom. The van der Waals surface area contributed by atoms with Crippen molar-refractivity contribution in [1.82, 2.24) is 9.29 Å². The van der Waals surface area contributed by atoms with Crippen LogP contribution in [-0.4, -0.2) is 44.1 Å². The number of oxime groups is 1. The second kappa shape index (κ2) is 9.41. The molecular formula is C17H19ClF3N3O3S2. The molecule has 1 atom stereocenters. The molecule has 1 unspecified atom stereocenters. The van der Waals surface area contributed by atoms with E-state index in [1.807, 2.05) is 0 Å².